The third kappa shape index (κ3) is 2.41. The number of likely N-dealkylation sites (tertiary alicyclic amines) is 1. The first kappa shape index (κ1) is 12.7. The number of carbonyl (C=O) groups excluding carboxylic acids is 2. The lowest BCUT2D eigenvalue weighted by molar-refractivity contribution is -0.121. The molecule has 18 heavy (non-hydrogen) atoms. The average molecular weight is 268 g/mol. The molecular formula is C12H14ClN3O2. The van der Waals surface area contributed by atoms with Crippen LogP contribution in [0.3, 0.4) is 0 Å². The van der Waals surface area contributed by atoms with Crippen LogP contribution in [0.1, 0.15) is 23.2 Å². The second-order valence-corrected chi connectivity index (χ2v) is 4.77. The predicted molar refractivity (Wildman–Crippen MR) is 69.1 cm³/mol. The van der Waals surface area contributed by atoms with E-state index in [0.717, 1.165) is 6.42 Å². The number of nitrogens with two attached hydrogens (primary N) is 2. The Kier molecular flexibility index (Phi) is 3.43. The van der Waals surface area contributed by atoms with E-state index in [2.05, 4.69) is 0 Å². The van der Waals surface area contributed by atoms with Crippen molar-refractivity contribution in [3.8, 4) is 0 Å². The van der Waals surface area contributed by atoms with Crippen molar-refractivity contribution in [1.82, 2.24) is 4.90 Å². The topological polar surface area (TPSA) is 89.4 Å². The van der Waals surface area contributed by atoms with E-state index in [4.69, 9.17) is 23.1 Å². The summed E-state index contributed by atoms with van der Waals surface area (Å²) in [4.78, 5) is 25.0. The van der Waals surface area contributed by atoms with Gasteiger partial charge in [-0.3, -0.25) is 9.59 Å². The number of primary amides is 1. The molecule has 0 radical (unpaired) electrons. The molecule has 1 aromatic carbocycles. The number of rotatable bonds is 2. The van der Waals surface area contributed by atoms with Crippen molar-refractivity contribution in [2.24, 2.45) is 5.73 Å². The standard InChI is InChI=1S/C12H14ClN3O2/c13-8-4-7(5-9(14)6-8)12(18)16-3-1-2-10(16)11(15)17/h4-6,10H,1-3,14H2,(H2,15,17). The molecular weight excluding hydrogens is 254 g/mol. The molecule has 0 spiro atoms. The summed E-state index contributed by atoms with van der Waals surface area (Å²) in [6.45, 7) is 0.527. The summed E-state index contributed by atoms with van der Waals surface area (Å²) < 4.78 is 0. The maximum absolute atomic E-state index is 12.3. The summed E-state index contributed by atoms with van der Waals surface area (Å²) in [6, 6.07) is 4.12. The van der Waals surface area contributed by atoms with Gasteiger partial charge in [0.25, 0.3) is 5.91 Å². The first-order valence-electron chi connectivity index (χ1n) is 5.65. The molecule has 1 aliphatic rings. The number of hydrogen-bond donors (Lipinski definition) is 2. The molecule has 1 fully saturated rings. The minimum Gasteiger partial charge on any atom is -0.399 e. The van der Waals surface area contributed by atoms with Gasteiger partial charge in [0.15, 0.2) is 0 Å². The van der Waals surface area contributed by atoms with E-state index < -0.39 is 11.9 Å². The van der Waals surface area contributed by atoms with Crippen molar-refractivity contribution in [3.63, 3.8) is 0 Å². The van der Waals surface area contributed by atoms with Gasteiger partial charge in [-0.05, 0) is 31.0 Å². The summed E-state index contributed by atoms with van der Waals surface area (Å²) >= 11 is 5.86. The van der Waals surface area contributed by atoms with Gasteiger partial charge in [-0.25, -0.2) is 0 Å². The highest BCUT2D eigenvalue weighted by atomic mass is 35.5. The third-order valence-electron chi connectivity index (χ3n) is 3.01. The average Bonchev–Trinajstić information content (AvgIpc) is 2.75. The molecule has 0 aliphatic carbocycles. The lowest BCUT2D eigenvalue weighted by atomic mass is 10.1. The monoisotopic (exact) mass is 267 g/mol. The van der Waals surface area contributed by atoms with Crippen LogP contribution in [0.4, 0.5) is 5.69 Å². The van der Waals surface area contributed by atoms with Crippen LogP contribution >= 0.6 is 11.6 Å². The van der Waals surface area contributed by atoms with Crippen LogP contribution in [-0.4, -0.2) is 29.3 Å². The lowest BCUT2D eigenvalue weighted by Gasteiger charge is -2.22. The number of amides is 2. The number of nitrogen functional groups attached to an aromatic ring is 1. The molecule has 0 aromatic heterocycles. The van der Waals surface area contributed by atoms with Crippen LogP contribution < -0.4 is 11.5 Å². The Labute approximate surface area is 110 Å². The van der Waals surface area contributed by atoms with Crippen LogP contribution in [0.2, 0.25) is 5.02 Å². The number of hydrogen-bond acceptors (Lipinski definition) is 3. The Morgan fingerprint density at radius 1 is 1.33 bits per heavy atom. The van der Waals surface area contributed by atoms with Crippen LogP contribution in [0.25, 0.3) is 0 Å². The summed E-state index contributed by atoms with van der Waals surface area (Å²) in [5.41, 5.74) is 11.7. The zero-order valence-electron chi connectivity index (χ0n) is 9.73. The van der Waals surface area contributed by atoms with E-state index in [-0.39, 0.29) is 5.91 Å². The molecule has 0 saturated carbocycles. The molecule has 1 atom stereocenters. The van der Waals surface area contributed by atoms with Crippen LogP contribution in [0.15, 0.2) is 18.2 Å². The van der Waals surface area contributed by atoms with E-state index in [0.29, 0.717) is 29.2 Å². The lowest BCUT2D eigenvalue weighted by Crippen LogP contribution is -2.43. The molecule has 1 aromatic rings. The quantitative estimate of drug-likeness (QED) is 0.784. The van der Waals surface area contributed by atoms with E-state index in [1.807, 2.05) is 0 Å². The number of anilines is 1. The van der Waals surface area contributed by atoms with Crippen molar-refractivity contribution in [1.29, 1.82) is 0 Å². The molecule has 0 bridgehead atoms. The zero-order chi connectivity index (χ0) is 13.3. The Hall–Kier alpha value is -1.75. The van der Waals surface area contributed by atoms with E-state index in [9.17, 15) is 9.59 Å². The molecule has 1 unspecified atom stereocenters. The van der Waals surface area contributed by atoms with Crippen molar-refractivity contribution >= 4 is 29.1 Å². The fourth-order valence-electron chi connectivity index (χ4n) is 2.21. The van der Waals surface area contributed by atoms with Crippen LogP contribution in [0, 0.1) is 0 Å². The van der Waals surface area contributed by atoms with Gasteiger partial charge in [-0.15, -0.1) is 0 Å². The zero-order valence-corrected chi connectivity index (χ0v) is 10.5. The predicted octanol–water partition coefficient (Wildman–Crippen LogP) is 1.01. The highest BCUT2D eigenvalue weighted by Gasteiger charge is 2.33. The van der Waals surface area contributed by atoms with Gasteiger partial charge < -0.3 is 16.4 Å². The van der Waals surface area contributed by atoms with Crippen molar-refractivity contribution in [3.05, 3.63) is 28.8 Å². The number of carbonyl (C=O) groups is 2. The minimum absolute atomic E-state index is 0.259. The molecule has 4 N–H and O–H groups in total. The molecule has 2 rings (SSSR count). The van der Waals surface area contributed by atoms with Gasteiger partial charge in [0.05, 0.1) is 0 Å². The maximum atomic E-state index is 12.3. The molecule has 5 nitrogen and oxygen atoms in total. The molecule has 2 amide bonds. The summed E-state index contributed by atoms with van der Waals surface area (Å²) in [5, 5.41) is 0.396. The first-order valence-corrected chi connectivity index (χ1v) is 6.03. The number of halogens is 1. The molecule has 1 saturated heterocycles. The van der Waals surface area contributed by atoms with Gasteiger partial charge in [0.2, 0.25) is 5.91 Å². The molecule has 96 valence electrons. The largest absolute Gasteiger partial charge is 0.399 e. The Bertz CT molecular complexity index is 484. The Morgan fingerprint density at radius 2 is 2.06 bits per heavy atom. The van der Waals surface area contributed by atoms with Crippen molar-refractivity contribution in [2.75, 3.05) is 12.3 Å². The van der Waals surface area contributed by atoms with Gasteiger partial charge in [0, 0.05) is 22.8 Å². The number of nitrogens with zero attached hydrogens (tertiary/aromatic N) is 1. The fourth-order valence-corrected chi connectivity index (χ4v) is 2.45. The van der Waals surface area contributed by atoms with Crippen molar-refractivity contribution < 1.29 is 9.59 Å². The third-order valence-corrected chi connectivity index (χ3v) is 3.23. The second kappa shape index (κ2) is 4.86. The van der Waals surface area contributed by atoms with E-state index in [1.54, 1.807) is 12.1 Å². The Morgan fingerprint density at radius 3 is 2.67 bits per heavy atom. The highest BCUT2D eigenvalue weighted by molar-refractivity contribution is 6.31. The van der Waals surface area contributed by atoms with Gasteiger partial charge in [0.1, 0.15) is 6.04 Å². The van der Waals surface area contributed by atoms with Crippen LogP contribution in [-0.2, 0) is 4.79 Å². The minimum atomic E-state index is -0.530. The van der Waals surface area contributed by atoms with E-state index >= 15 is 0 Å². The summed E-state index contributed by atoms with van der Waals surface area (Å²) in [7, 11) is 0. The van der Waals surface area contributed by atoms with Crippen LogP contribution in [0.5, 0.6) is 0 Å². The summed E-state index contributed by atoms with van der Waals surface area (Å²) in [6.07, 6.45) is 1.38. The Balaban J connectivity index is 2.28. The molecule has 1 heterocycles. The van der Waals surface area contributed by atoms with Crippen molar-refractivity contribution in [2.45, 2.75) is 18.9 Å². The van der Waals surface area contributed by atoms with Gasteiger partial charge in [-0.2, -0.15) is 0 Å². The van der Waals surface area contributed by atoms with Gasteiger partial charge in [-0.1, -0.05) is 11.6 Å². The van der Waals surface area contributed by atoms with Gasteiger partial charge >= 0.3 is 0 Å². The first-order chi connectivity index (χ1) is 8.49. The summed E-state index contributed by atoms with van der Waals surface area (Å²) in [5.74, 6) is -0.735. The molecule has 1 aliphatic heterocycles. The normalized spacial score (nSPS) is 18.9. The SMILES string of the molecule is NC(=O)C1CCCN1C(=O)c1cc(N)cc(Cl)c1. The number of benzene rings is 1. The maximum Gasteiger partial charge on any atom is 0.254 e. The smallest absolute Gasteiger partial charge is 0.254 e. The second-order valence-electron chi connectivity index (χ2n) is 4.33. The highest BCUT2D eigenvalue weighted by Crippen LogP contribution is 2.23. The van der Waals surface area contributed by atoms with E-state index in [1.165, 1.54) is 11.0 Å². The molecule has 6 heteroatoms. The fraction of sp³-hybridized carbons (Fsp3) is 0.333.